The number of ether oxygens (including phenoxy) is 1. The van der Waals surface area contributed by atoms with Crippen LogP contribution in [0.15, 0.2) is 34.4 Å². The maximum absolute atomic E-state index is 12.4. The predicted molar refractivity (Wildman–Crippen MR) is 89.2 cm³/mol. The van der Waals surface area contributed by atoms with E-state index < -0.39 is 6.67 Å². The number of Topliss-reactive ketones (excluding diaryl/α,β-unsaturated/α-hetero) is 1. The molecule has 0 fully saturated rings. The van der Waals surface area contributed by atoms with E-state index in [2.05, 4.69) is 20.9 Å². The van der Waals surface area contributed by atoms with Gasteiger partial charge in [0.1, 0.15) is 30.7 Å². The Morgan fingerprint density at radius 2 is 2.22 bits per heavy atom. The molecule has 0 aliphatic rings. The fraction of sp³-hybridized carbons (Fsp3) is 0.250. The molecular weight excluding hydrogens is 365 g/mol. The zero-order valence-corrected chi connectivity index (χ0v) is 14.3. The van der Waals surface area contributed by atoms with Gasteiger partial charge in [0.2, 0.25) is 5.78 Å². The van der Waals surface area contributed by atoms with Crippen molar-refractivity contribution in [3.05, 3.63) is 40.1 Å². The Bertz CT molecular complexity index is 805. The molecule has 0 saturated carbocycles. The summed E-state index contributed by atoms with van der Waals surface area (Å²) in [6.07, 6.45) is 1.47. The summed E-state index contributed by atoms with van der Waals surface area (Å²) in [4.78, 5) is 17.0. The predicted octanol–water partition coefficient (Wildman–Crippen LogP) is 3.43. The van der Waals surface area contributed by atoms with Gasteiger partial charge < -0.3 is 14.6 Å². The number of hydrogen-bond donors (Lipinski definition) is 1. The SMILES string of the molecule is CN(C)/C=C(\C#N)C(=O)c1cc2cc(OCCF)c(Br)cc2[nH]1. The van der Waals surface area contributed by atoms with Crippen LogP contribution in [0.3, 0.4) is 0 Å². The van der Waals surface area contributed by atoms with Crippen molar-refractivity contribution >= 4 is 32.6 Å². The standard InChI is InChI=1S/C16H15BrFN3O2/c1-21(2)9-11(8-19)16(22)14-5-10-6-15(23-4-3-18)12(17)7-13(10)20-14/h5-7,9,20H,3-4H2,1-2H3/b11-9+. The van der Waals surface area contributed by atoms with Crippen LogP contribution in [-0.2, 0) is 0 Å². The third kappa shape index (κ3) is 3.90. The number of carbonyl (C=O) groups excluding carboxylic acids is 1. The van der Waals surface area contributed by atoms with Crippen molar-refractivity contribution in [1.82, 2.24) is 9.88 Å². The first kappa shape index (κ1) is 17.0. The first-order chi connectivity index (χ1) is 11.0. The lowest BCUT2D eigenvalue weighted by atomic mass is 10.1. The molecule has 0 amide bonds. The Morgan fingerprint density at radius 1 is 1.48 bits per heavy atom. The second-order valence-corrected chi connectivity index (χ2v) is 5.89. The van der Waals surface area contributed by atoms with Crippen LogP contribution >= 0.6 is 15.9 Å². The number of nitriles is 1. The van der Waals surface area contributed by atoms with Crippen molar-refractivity contribution in [3.63, 3.8) is 0 Å². The number of nitrogens with zero attached hydrogens (tertiary/aromatic N) is 2. The largest absolute Gasteiger partial charge is 0.490 e. The third-order valence-electron chi connectivity index (χ3n) is 3.00. The minimum Gasteiger partial charge on any atom is -0.490 e. The summed E-state index contributed by atoms with van der Waals surface area (Å²) in [6, 6.07) is 7.01. The minimum absolute atomic E-state index is 0.0366. The van der Waals surface area contributed by atoms with Gasteiger partial charge in [-0.2, -0.15) is 5.26 Å². The Labute approximate surface area is 141 Å². The van der Waals surface area contributed by atoms with Gasteiger partial charge in [-0.15, -0.1) is 0 Å². The molecule has 2 aromatic rings. The molecule has 0 aliphatic carbocycles. The van der Waals surface area contributed by atoms with E-state index in [1.807, 2.05) is 6.07 Å². The second-order valence-electron chi connectivity index (χ2n) is 5.04. The number of nitrogens with one attached hydrogen (secondary N) is 1. The van der Waals surface area contributed by atoms with Gasteiger partial charge in [0, 0.05) is 31.2 Å². The Hall–Kier alpha value is -2.33. The number of carbonyl (C=O) groups is 1. The molecule has 2 rings (SSSR count). The second kappa shape index (κ2) is 7.29. The molecule has 7 heteroatoms. The number of alkyl halides is 1. The van der Waals surface area contributed by atoms with Crippen LogP contribution in [0.1, 0.15) is 10.5 Å². The molecule has 23 heavy (non-hydrogen) atoms. The van der Waals surface area contributed by atoms with Crippen molar-refractivity contribution in [2.45, 2.75) is 0 Å². The van der Waals surface area contributed by atoms with E-state index in [0.29, 0.717) is 15.9 Å². The molecule has 1 heterocycles. The van der Waals surface area contributed by atoms with Crippen LogP contribution in [0, 0.1) is 11.3 Å². The van der Waals surface area contributed by atoms with Crippen LogP contribution in [-0.4, -0.2) is 43.0 Å². The summed E-state index contributed by atoms with van der Waals surface area (Å²) in [5, 5.41) is 9.87. The monoisotopic (exact) mass is 379 g/mol. The lowest BCUT2D eigenvalue weighted by molar-refractivity contribution is 0.103. The Balaban J connectivity index is 2.40. The van der Waals surface area contributed by atoms with Gasteiger partial charge in [0.05, 0.1) is 10.2 Å². The van der Waals surface area contributed by atoms with Gasteiger partial charge in [-0.25, -0.2) is 4.39 Å². The van der Waals surface area contributed by atoms with Crippen molar-refractivity contribution in [2.75, 3.05) is 27.4 Å². The molecule has 1 aromatic heterocycles. The van der Waals surface area contributed by atoms with Crippen LogP contribution in [0.2, 0.25) is 0 Å². The van der Waals surface area contributed by atoms with Crippen molar-refractivity contribution in [2.24, 2.45) is 0 Å². The van der Waals surface area contributed by atoms with E-state index in [1.54, 1.807) is 37.2 Å². The highest BCUT2D eigenvalue weighted by Gasteiger charge is 2.16. The summed E-state index contributed by atoms with van der Waals surface area (Å²) < 4.78 is 18.2. The van der Waals surface area contributed by atoms with Crippen LogP contribution in [0.25, 0.3) is 10.9 Å². The van der Waals surface area contributed by atoms with Gasteiger partial charge in [-0.1, -0.05) is 0 Å². The molecule has 5 nitrogen and oxygen atoms in total. The number of benzene rings is 1. The Kier molecular flexibility index (Phi) is 5.40. The number of halogens is 2. The third-order valence-corrected chi connectivity index (χ3v) is 3.62. The fourth-order valence-electron chi connectivity index (χ4n) is 2.06. The van der Waals surface area contributed by atoms with E-state index in [4.69, 9.17) is 10.00 Å². The molecule has 1 N–H and O–H groups in total. The molecule has 0 spiro atoms. The molecule has 120 valence electrons. The highest BCUT2D eigenvalue weighted by atomic mass is 79.9. The summed E-state index contributed by atoms with van der Waals surface area (Å²) in [5.41, 5.74) is 1.06. The fourth-order valence-corrected chi connectivity index (χ4v) is 2.51. The number of ketones is 1. The summed E-state index contributed by atoms with van der Waals surface area (Å²) >= 11 is 3.35. The van der Waals surface area contributed by atoms with E-state index >= 15 is 0 Å². The zero-order chi connectivity index (χ0) is 17.0. The number of hydrogen-bond acceptors (Lipinski definition) is 4. The van der Waals surface area contributed by atoms with Gasteiger partial charge in [-0.3, -0.25) is 4.79 Å². The molecule has 1 aromatic carbocycles. The summed E-state index contributed by atoms with van der Waals surface area (Å²) in [6.45, 7) is -0.618. The van der Waals surface area contributed by atoms with Crippen molar-refractivity contribution in [1.29, 1.82) is 5.26 Å². The molecule has 0 saturated heterocycles. The maximum Gasteiger partial charge on any atom is 0.221 e. The van der Waals surface area contributed by atoms with Crippen LogP contribution < -0.4 is 4.74 Å². The number of allylic oxidation sites excluding steroid dienone is 1. The average Bonchev–Trinajstić information content (AvgIpc) is 2.92. The van der Waals surface area contributed by atoms with Gasteiger partial charge in [0.15, 0.2) is 0 Å². The van der Waals surface area contributed by atoms with E-state index in [9.17, 15) is 9.18 Å². The molecule has 0 atom stereocenters. The highest BCUT2D eigenvalue weighted by Crippen LogP contribution is 2.31. The quantitative estimate of drug-likeness (QED) is 0.474. The number of H-pyrrole nitrogens is 1. The van der Waals surface area contributed by atoms with E-state index in [-0.39, 0.29) is 18.0 Å². The van der Waals surface area contributed by atoms with Crippen LogP contribution in [0.5, 0.6) is 5.75 Å². The molecule has 0 radical (unpaired) electrons. The van der Waals surface area contributed by atoms with Crippen molar-refractivity contribution < 1.29 is 13.9 Å². The van der Waals surface area contributed by atoms with Gasteiger partial charge in [0.25, 0.3) is 0 Å². The van der Waals surface area contributed by atoms with E-state index in [1.165, 1.54) is 6.20 Å². The highest BCUT2D eigenvalue weighted by molar-refractivity contribution is 9.10. The summed E-state index contributed by atoms with van der Waals surface area (Å²) in [7, 11) is 3.48. The lowest BCUT2D eigenvalue weighted by Gasteiger charge is -2.05. The normalized spacial score (nSPS) is 11.3. The number of rotatable bonds is 6. The maximum atomic E-state index is 12.4. The minimum atomic E-state index is -0.581. The molecule has 0 unspecified atom stereocenters. The number of fused-ring (bicyclic) bond motifs is 1. The Morgan fingerprint density at radius 3 is 2.83 bits per heavy atom. The lowest BCUT2D eigenvalue weighted by Crippen LogP contribution is -2.09. The zero-order valence-electron chi connectivity index (χ0n) is 12.7. The van der Waals surface area contributed by atoms with Gasteiger partial charge >= 0.3 is 0 Å². The van der Waals surface area contributed by atoms with E-state index in [0.717, 1.165) is 10.9 Å². The molecule has 0 aliphatic heterocycles. The first-order valence-corrected chi connectivity index (χ1v) is 7.59. The van der Waals surface area contributed by atoms with Crippen LogP contribution in [0.4, 0.5) is 4.39 Å². The molecular formula is C16H15BrFN3O2. The first-order valence-electron chi connectivity index (χ1n) is 6.80. The smallest absolute Gasteiger partial charge is 0.221 e. The number of aromatic amines is 1. The summed E-state index contributed by atoms with van der Waals surface area (Å²) in [5.74, 6) is 0.109. The number of aromatic nitrogens is 1. The molecule has 0 bridgehead atoms. The van der Waals surface area contributed by atoms with Gasteiger partial charge in [-0.05, 0) is 34.1 Å². The topological polar surface area (TPSA) is 69.1 Å². The van der Waals surface area contributed by atoms with Crippen molar-refractivity contribution in [3.8, 4) is 11.8 Å². The average molecular weight is 380 g/mol.